The summed E-state index contributed by atoms with van der Waals surface area (Å²) in [6, 6.07) is 5.77. The molecule has 0 amide bonds. The highest BCUT2D eigenvalue weighted by Gasteiger charge is 2.05. The van der Waals surface area contributed by atoms with Gasteiger partial charge in [0.1, 0.15) is 11.5 Å². The van der Waals surface area contributed by atoms with Crippen molar-refractivity contribution in [2.24, 2.45) is 4.99 Å². The Morgan fingerprint density at radius 2 is 2.13 bits per heavy atom. The number of hydrogen-bond donors (Lipinski definition) is 2. The molecule has 0 spiro atoms. The number of methoxy groups -OCH3 is 2. The average molecular weight is 337 g/mol. The Labute approximate surface area is 143 Å². The van der Waals surface area contributed by atoms with Crippen molar-refractivity contribution < 1.29 is 9.47 Å². The van der Waals surface area contributed by atoms with Crippen LogP contribution in [0.2, 0.25) is 0 Å². The number of aliphatic imine (C=N–C) groups is 1. The number of ether oxygens (including phenoxy) is 2. The maximum absolute atomic E-state index is 5.40. The number of thioether (sulfide) groups is 1. The minimum Gasteiger partial charge on any atom is -0.497 e. The molecular weight excluding hydrogens is 310 g/mol. The number of nitrogens with one attached hydrogen (secondary N) is 2. The molecule has 0 aliphatic heterocycles. The van der Waals surface area contributed by atoms with E-state index in [0.29, 0.717) is 6.54 Å². The summed E-state index contributed by atoms with van der Waals surface area (Å²) in [5, 5.41) is 6.58. The van der Waals surface area contributed by atoms with Crippen LogP contribution in [0, 0.1) is 0 Å². The highest BCUT2D eigenvalue weighted by molar-refractivity contribution is 7.99. The van der Waals surface area contributed by atoms with Gasteiger partial charge in [0.15, 0.2) is 5.96 Å². The quantitative estimate of drug-likeness (QED) is 0.298. The highest BCUT2D eigenvalue weighted by Crippen LogP contribution is 2.25. The minimum absolute atomic E-state index is 0.544. The van der Waals surface area contributed by atoms with Crippen LogP contribution in [0.25, 0.3) is 0 Å². The van der Waals surface area contributed by atoms with Crippen molar-refractivity contribution in [3.05, 3.63) is 36.4 Å². The second kappa shape index (κ2) is 11.7. The number of nitrogens with zero attached hydrogens (tertiary/aromatic N) is 1. The molecule has 23 heavy (non-hydrogen) atoms. The number of benzene rings is 1. The lowest BCUT2D eigenvalue weighted by molar-refractivity contribution is 0.391. The minimum atomic E-state index is 0.544. The van der Waals surface area contributed by atoms with Crippen LogP contribution in [0.4, 0.5) is 0 Å². The van der Waals surface area contributed by atoms with Crippen LogP contribution in [-0.4, -0.2) is 44.8 Å². The van der Waals surface area contributed by atoms with Crippen LogP contribution in [-0.2, 0) is 6.54 Å². The molecule has 2 N–H and O–H groups in total. The van der Waals surface area contributed by atoms with Crippen LogP contribution in [0.3, 0.4) is 0 Å². The van der Waals surface area contributed by atoms with E-state index in [1.54, 1.807) is 14.2 Å². The smallest absolute Gasteiger partial charge is 0.191 e. The monoisotopic (exact) mass is 337 g/mol. The van der Waals surface area contributed by atoms with E-state index in [2.05, 4.69) is 29.1 Å². The standard InChI is InChI=1S/C17H27N3O2S/c1-5-10-23-11-9-19-17(18-6-2)20-13-14-7-8-15(21-3)12-16(14)22-4/h5,7-8,12H,1,6,9-11,13H2,2-4H3,(H2,18,19,20). The summed E-state index contributed by atoms with van der Waals surface area (Å²) in [5.74, 6) is 4.36. The van der Waals surface area contributed by atoms with Crippen molar-refractivity contribution in [1.82, 2.24) is 10.6 Å². The first-order valence-corrected chi connectivity index (χ1v) is 8.82. The first-order valence-electron chi connectivity index (χ1n) is 7.66. The van der Waals surface area contributed by atoms with Crippen molar-refractivity contribution >= 4 is 17.7 Å². The van der Waals surface area contributed by atoms with Gasteiger partial charge < -0.3 is 20.1 Å². The fourth-order valence-electron chi connectivity index (χ4n) is 1.90. The third-order valence-electron chi connectivity index (χ3n) is 3.02. The summed E-state index contributed by atoms with van der Waals surface area (Å²) in [7, 11) is 3.30. The van der Waals surface area contributed by atoms with Crippen LogP contribution in [0.5, 0.6) is 11.5 Å². The SMILES string of the molecule is C=CCSCCNC(=NCc1ccc(OC)cc1OC)NCC. The topological polar surface area (TPSA) is 54.9 Å². The van der Waals surface area contributed by atoms with E-state index in [-0.39, 0.29) is 0 Å². The van der Waals surface area contributed by atoms with Gasteiger partial charge in [0, 0.05) is 36.2 Å². The lowest BCUT2D eigenvalue weighted by Crippen LogP contribution is -2.38. The molecule has 0 atom stereocenters. The Kier molecular flexibility index (Phi) is 9.79. The molecule has 1 aromatic rings. The fraction of sp³-hybridized carbons (Fsp3) is 0.471. The van der Waals surface area contributed by atoms with E-state index < -0.39 is 0 Å². The van der Waals surface area contributed by atoms with Gasteiger partial charge in [-0.3, -0.25) is 0 Å². The summed E-state index contributed by atoms with van der Waals surface area (Å²) in [4.78, 5) is 4.61. The van der Waals surface area contributed by atoms with Gasteiger partial charge >= 0.3 is 0 Å². The number of guanidine groups is 1. The predicted octanol–water partition coefficient (Wildman–Crippen LogP) is 2.68. The van der Waals surface area contributed by atoms with E-state index in [0.717, 1.165) is 47.6 Å². The van der Waals surface area contributed by atoms with Crippen molar-refractivity contribution in [2.75, 3.05) is 38.8 Å². The van der Waals surface area contributed by atoms with Gasteiger partial charge in [-0.1, -0.05) is 6.08 Å². The van der Waals surface area contributed by atoms with Crippen molar-refractivity contribution in [1.29, 1.82) is 0 Å². The second-order valence-electron chi connectivity index (χ2n) is 4.66. The van der Waals surface area contributed by atoms with Crippen molar-refractivity contribution in [2.45, 2.75) is 13.5 Å². The molecule has 0 aromatic heterocycles. The fourth-order valence-corrected chi connectivity index (χ4v) is 2.48. The van der Waals surface area contributed by atoms with E-state index in [1.807, 2.05) is 36.0 Å². The normalized spacial score (nSPS) is 11.0. The molecular formula is C17H27N3O2S. The first kappa shape index (κ1) is 19.2. The summed E-state index contributed by atoms with van der Waals surface area (Å²) >= 11 is 1.84. The Bertz CT molecular complexity index is 507. The maximum atomic E-state index is 5.40. The van der Waals surface area contributed by atoms with Gasteiger partial charge in [-0.25, -0.2) is 4.99 Å². The van der Waals surface area contributed by atoms with Crippen molar-refractivity contribution in [3.63, 3.8) is 0 Å². The van der Waals surface area contributed by atoms with E-state index >= 15 is 0 Å². The zero-order chi connectivity index (χ0) is 16.9. The third-order valence-corrected chi connectivity index (χ3v) is 3.98. The van der Waals surface area contributed by atoms with Gasteiger partial charge in [0.25, 0.3) is 0 Å². The molecule has 5 nitrogen and oxygen atoms in total. The number of rotatable bonds is 10. The van der Waals surface area contributed by atoms with E-state index in [9.17, 15) is 0 Å². The van der Waals surface area contributed by atoms with Gasteiger partial charge in [0.2, 0.25) is 0 Å². The van der Waals surface area contributed by atoms with Crippen LogP contribution < -0.4 is 20.1 Å². The van der Waals surface area contributed by atoms with Crippen LogP contribution in [0.1, 0.15) is 12.5 Å². The summed E-state index contributed by atoms with van der Waals surface area (Å²) in [5.41, 5.74) is 1.02. The Balaban J connectivity index is 2.63. The molecule has 0 unspecified atom stereocenters. The Morgan fingerprint density at radius 1 is 1.30 bits per heavy atom. The highest BCUT2D eigenvalue weighted by atomic mass is 32.2. The zero-order valence-corrected chi connectivity index (χ0v) is 15.0. The third kappa shape index (κ3) is 7.32. The molecule has 0 saturated carbocycles. The molecule has 128 valence electrons. The van der Waals surface area contributed by atoms with Crippen LogP contribution in [0.15, 0.2) is 35.8 Å². The molecule has 0 radical (unpaired) electrons. The van der Waals surface area contributed by atoms with Crippen molar-refractivity contribution in [3.8, 4) is 11.5 Å². The molecule has 0 fully saturated rings. The first-order chi connectivity index (χ1) is 11.2. The van der Waals surface area contributed by atoms with E-state index in [4.69, 9.17) is 9.47 Å². The van der Waals surface area contributed by atoms with Gasteiger partial charge in [-0.2, -0.15) is 11.8 Å². The Morgan fingerprint density at radius 3 is 2.78 bits per heavy atom. The lowest BCUT2D eigenvalue weighted by Gasteiger charge is -2.12. The summed E-state index contributed by atoms with van der Waals surface area (Å²) < 4.78 is 10.6. The largest absolute Gasteiger partial charge is 0.497 e. The maximum Gasteiger partial charge on any atom is 0.191 e. The lowest BCUT2D eigenvalue weighted by atomic mass is 10.2. The second-order valence-corrected chi connectivity index (χ2v) is 5.81. The van der Waals surface area contributed by atoms with Crippen LogP contribution >= 0.6 is 11.8 Å². The predicted molar refractivity (Wildman–Crippen MR) is 99.9 cm³/mol. The molecule has 0 aliphatic carbocycles. The van der Waals surface area contributed by atoms with Gasteiger partial charge in [-0.05, 0) is 19.1 Å². The molecule has 1 aromatic carbocycles. The summed E-state index contributed by atoms with van der Waals surface area (Å²) in [6.45, 7) is 8.00. The molecule has 0 saturated heterocycles. The molecule has 1 rings (SSSR count). The molecule has 0 bridgehead atoms. The zero-order valence-electron chi connectivity index (χ0n) is 14.2. The van der Waals surface area contributed by atoms with E-state index in [1.165, 1.54) is 0 Å². The molecule has 0 aliphatic rings. The molecule has 6 heteroatoms. The summed E-state index contributed by atoms with van der Waals surface area (Å²) in [6.07, 6.45) is 1.92. The molecule has 0 heterocycles. The number of hydrogen-bond acceptors (Lipinski definition) is 4. The Hall–Kier alpha value is -1.82. The van der Waals surface area contributed by atoms with Gasteiger partial charge in [0.05, 0.1) is 20.8 Å². The average Bonchev–Trinajstić information content (AvgIpc) is 2.59. The van der Waals surface area contributed by atoms with Gasteiger partial charge in [-0.15, -0.1) is 6.58 Å².